The van der Waals surface area contributed by atoms with E-state index in [1.165, 1.54) is 22.7 Å². The Morgan fingerprint density at radius 1 is 1.33 bits per heavy atom. The quantitative estimate of drug-likeness (QED) is 0.0994. The summed E-state index contributed by atoms with van der Waals surface area (Å²) in [7, 11) is 0. The van der Waals surface area contributed by atoms with Crippen LogP contribution in [0, 0.1) is 0 Å². The summed E-state index contributed by atoms with van der Waals surface area (Å²) >= 11 is 0. The molecule has 10 nitrogen and oxygen atoms in total. The number of carbonyl (C=O) groups excluding carboxylic acids is 1. The Kier molecular flexibility index (Phi) is 7.82. The minimum atomic E-state index is -2.91. The third kappa shape index (κ3) is 6.82. The Labute approximate surface area is 221 Å². The third-order valence-electron chi connectivity index (χ3n) is 6.03. The van der Waals surface area contributed by atoms with Gasteiger partial charge in [-0.3, -0.25) is 9.20 Å². The smallest absolute Gasteiger partial charge is 0.274 e. The molecule has 2 aromatic heterocycles. The van der Waals surface area contributed by atoms with E-state index in [-0.39, 0.29) is 36.0 Å². The first kappa shape index (κ1) is 28.3. The summed E-state index contributed by atoms with van der Waals surface area (Å²) in [5.41, 5.74) is 5.72. The van der Waals surface area contributed by atoms with Gasteiger partial charge in [0, 0.05) is 30.2 Å². The fraction of sp³-hybridized carbons (Fsp3) is 0.400. The molecule has 1 aromatic carbocycles. The van der Waals surface area contributed by atoms with Crippen molar-refractivity contribution < 1.29 is 32.2 Å². The van der Waals surface area contributed by atoms with Crippen molar-refractivity contribution in [3.63, 3.8) is 0 Å². The summed E-state index contributed by atoms with van der Waals surface area (Å²) in [5.74, 6) is 2.01. The van der Waals surface area contributed by atoms with Crippen molar-refractivity contribution in [3.8, 4) is 0 Å². The third-order valence-corrected chi connectivity index (χ3v) is 6.03. The van der Waals surface area contributed by atoms with Gasteiger partial charge in [-0.2, -0.15) is 0 Å². The molecule has 1 aliphatic carbocycles. The molecule has 0 unspecified atom stereocenters. The van der Waals surface area contributed by atoms with Gasteiger partial charge in [-0.25, -0.2) is 33.5 Å². The molecule has 1 amide bonds. The summed E-state index contributed by atoms with van der Waals surface area (Å²) in [4.78, 5) is 17.3. The van der Waals surface area contributed by atoms with Gasteiger partial charge in [-0.15, -0.1) is 5.10 Å². The zero-order valence-corrected chi connectivity index (χ0v) is 21.2. The fourth-order valence-electron chi connectivity index (χ4n) is 3.98. The second kappa shape index (κ2) is 10.8. The Hall–Kier alpha value is -3.75. The first-order valence-electron chi connectivity index (χ1n) is 12.0. The highest BCUT2D eigenvalue weighted by molar-refractivity contribution is 6.05. The van der Waals surface area contributed by atoms with Crippen LogP contribution in [0.25, 0.3) is 5.65 Å². The number of hydrogen-bond donors (Lipinski definition) is 4. The highest BCUT2D eigenvalue weighted by Crippen LogP contribution is 2.39. The highest BCUT2D eigenvalue weighted by Gasteiger charge is 2.47. The number of imidazole rings is 1. The molecule has 0 spiro atoms. The number of aromatic nitrogens is 2. The van der Waals surface area contributed by atoms with Crippen LogP contribution in [-0.2, 0) is 11.3 Å². The van der Waals surface area contributed by atoms with Crippen molar-refractivity contribution in [2.24, 2.45) is 16.7 Å². The number of nitrogens with one attached hydrogen (secondary N) is 1. The van der Waals surface area contributed by atoms with Crippen molar-refractivity contribution in [3.05, 3.63) is 65.1 Å². The van der Waals surface area contributed by atoms with Crippen molar-refractivity contribution in [1.82, 2.24) is 14.5 Å². The standard InChI is InChI=1S/C25H29F4N7O3/c1-24(2,38)13-39-12-14-5-6-35-19(11-32-20(35)7-14)23(37)33-18-8-15(3-4-17(18)21(26)27)22(30)34-36(31)16-9-25(28,29)10-16/h3-8,11,16,21,38H,9-10,12-13,31H2,1-2H3,(H2,30,34)(H,33,37). The molecule has 1 aliphatic rings. The number of hydrazine groups is 1. The lowest BCUT2D eigenvalue weighted by Crippen LogP contribution is -2.52. The second-order valence-corrected chi connectivity index (χ2v) is 10.1. The first-order valence-corrected chi connectivity index (χ1v) is 12.0. The molecule has 6 N–H and O–H groups in total. The molecular weight excluding hydrogens is 522 g/mol. The van der Waals surface area contributed by atoms with Crippen LogP contribution in [0.5, 0.6) is 0 Å². The van der Waals surface area contributed by atoms with Gasteiger partial charge < -0.3 is 20.9 Å². The van der Waals surface area contributed by atoms with Crippen LogP contribution in [0.1, 0.15) is 60.3 Å². The average molecular weight is 552 g/mol. The normalized spacial score (nSPS) is 16.0. The lowest BCUT2D eigenvalue weighted by Gasteiger charge is -2.38. The molecule has 39 heavy (non-hydrogen) atoms. The predicted molar refractivity (Wildman–Crippen MR) is 135 cm³/mol. The Balaban J connectivity index is 1.52. The van der Waals surface area contributed by atoms with Gasteiger partial charge in [0.05, 0.1) is 36.7 Å². The van der Waals surface area contributed by atoms with E-state index in [2.05, 4.69) is 15.4 Å². The van der Waals surface area contributed by atoms with E-state index < -0.39 is 48.3 Å². The second-order valence-electron chi connectivity index (χ2n) is 10.1. The summed E-state index contributed by atoms with van der Waals surface area (Å²) in [6.45, 7) is 3.59. The van der Waals surface area contributed by atoms with Crippen LogP contribution in [0.15, 0.2) is 47.8 Å². The number of benzene rings is 1. The van der Waals surface area contributed by atoms with E-state index in [9.17, 15) is 27.5 Å². The molecule has 0 aliphatic heterocycles. The van der Waals surface area contributed by atoms with Gasteiger partial charge in [0.2, 0.25) is 0 Å². The topological polar surface area (TPSA) is 144 Å². The summed E-state index contributed by atoms with van der Waals surface area (Å²) in [6, 6.07) is 6.26. The van der Waals surface area contributed by atoms with Crippen molar-refractivity contribution in [2.45, 2.75) is 57.3 Å². The van der Waals surface area contributed by atoms with E-state index in [0.29, 0.717) is 5.65 Å². The van der Waals surface area contributed by atoms with Gasteiger partial charge in [-0.05, 0) is 37.6 Å². The number of halogens is 4. The number of ether oxygens (including phenoxy) is 1. The molecule has 210 valence electrons. The maximum atomic E-state index is 13.7. The Morgan fingerprint density at radius 3 is 2.69 bits per heavy atom. The molecule has 0 atom stereocenters. The summed E-state index contributed by atoms with van der Waals surface area (Å²) in [5, 5.41) is 17.0. The fourth-order valence-corrected chi connectivity index (χ4v) is 3.98. The number of aliphatic hydroxyl groups is 1. The van der Waals surface area contributed by atoms with Crippen LogP contribution in [0.4, 0.5) is 23.2 Å². The number of fused-ring (bicyclic) bond motifs is 1. The maximum absolute atomic E-state index is 13.7. The van der Waals surface area contributed by atoms with E-state index in [1.54, 1.807) is 32.2 Å². The van der Waals surface area contributed by atoms with E-state index in [4.69, 9.17) is 16.3 Å². The Bertz CT molecular complexity index is 1380. The number of nitrogens with zero attached hydrogens (tertiary/aromatic N) is 4. The number of alkyl halides is 4. The Morgan fingerprint density at radius 2 is 2.05 bits per heavy atom. The maximum Gasteiger partial charge on any atom is 0.274 e. The van der Waals surface area contributed by atoms with Crippen LogP contribution in [0.2, 0.25) is 0 Å². The molecule has 0 radical (unpaired) electrons. The van der Waals surface area contributed by atoms with Crippen LogP contribution < -0.4 is 16.9 Å². The van der Waals surface area contributed by atoms with Gasteiger partial charge in [-0.1, -0.05) is 12.1 Å². The zero-order valence-electron chi connectivity index (χ0n) is 21.2. The van der Waals surface area contributed by atoms with E-state index >= 15 is 0 Å². The monoisotopic (exact) mass is 551 g/mol. The number of amidine groups is 1. The first-order chi connectivity index (χ1) is 18.2. The molecule has 1 saturated carbocycles. The number of carbonyl (C=O) groups is 1. The lowest BCUT2D eigenvalue weighted by molar-refractivity contribution is -0.124. The van der Waals surface area contributed by atoms with E-state index in [1.807, 2.05) is 0 Å². The van der Waals surface area contributed by atoms with Crippen LogP contribution >= 0.6 is 0 Å². The van der Waals surface area contributed by atoms with E-state index in [0.717, 1.165) is 16.7 Å². The number of anilines is 1. The summed E-state index contributed by atoms with van der Waals surface area (Å²) < 4.78 is 60.7. The molecule has 0 saturated heterocycles. The molecule has 4 rings (SSSR count). The molecular formula is C25H29F4N7O3. The predicted octanol–water partition coefficient (Wildman–Crippen LogP) is 3.41. The molecule has 1 fully saturated rings. The number of nitrogens with two attached hydrogens (primary N) is 2. The number of pyridine rings is 1. The highest BCUT2D eigenvalue weighted by atomic mass is 19.3. The number of amides is 1. The number of hydrogen-bond acceptors (Lipinski definition) is 7. The van der Waals surface area contributed by atoms with Crippen molar-refractivity contribution in [2.75, 3.05) is 11.9 Å². The van der Waals surface area contributed by atoms with Crippen molar-refractivity contribution >= 4 is 23.1 Å². The van der Waals surface area contributed by atoms with Crippen LogP contribution in [0.3, 0.4) is 0 Å². The molecule has 3 aromatic rings. The van der Waals surface area contributed by atoms with Gasteiger partial charge >= 0.3 is 0 Å². The zero-order chi connectivity index (χ0) is 28.5. The minimum Gasteiger partial charge on any atom is -0.388 e. The molecule has 14 heteroatoms. The average Bonchev–Trinajstić information content (AvgIpc) is 3.25. The SMILES string of the molecule is CC(C)(O)COCc1ccn2c(C(=O)Nc3cc(/C(N)=N/N(N)C4CC(F)(F)C4)ccc3C(F)F)cnc2c1. The largest absolute Gasteiger partial charge is 0.388 e. The number of hydrazone groups is 1. The molecule has 2 heterocycles. The van der Waals surface area contributed by atoms with Crippen molar-refractivity contribution in [1.29, 1.82) is 0 Å². The van der Waals surface area contributed by atoms with Gasteiger partial charge in [0.25, 0.3) is 18.3 Å². The number of rotatable bonds is 10. The van der Waals surface area contributed by atoms with Gasteiger partial charge in [0.1, 0.15) is 11.3 Å². The van der Waals surface area contributed by atoms with Gasteiger partial charge in [0.15, 0.2) is 5.84 Å². The van der Waals surface area contributed by atoms with Crippen LogP contribution in [-0.4, -0.2) is 55.5 Å². The summed E-state index contributed by atoms with van der Waals surface area (Å²) in [6.07, 6.45) is -0.964. The molecule has 0 bridgehead atoms. The lowest BCUT2D eigenvalue weighted by atomic mass is 9.88. The minimum absolute atomic E-state index is 0.0836.